The number of halogens is 1. The van der Waals surface area contributed by atoms with Crippen molar-refractivity contribution >= 4 is 5.91 Å². The lowest BCUT2D eigenvalue weighted by Gasteiger charge is -2.38. The second kappa shape index (κ2) is 4.47. The van der Waals surface area contributed by atoms with E-state index in [1.807, 2.05) is 6.07 Å². The topological polar surface area (TPSA) is 20.3 Å². The molecule has 0 aromatic heterocycles. The molecule has 0 N–H and O–H groups in total. The van der Waals surface area contributed by atoms with Crippen LogP contribution >= 0.6 is 0 Å². The van der Waals surface area contributed by atoms with Gasteiger partial charge >= 0.3 is 0 Å². The molecule has 1 aromatic carbocycles. The van der Waals surface area contributed by atoms with E-state index in [1.165, 1.54) is 12.1 Å². The van der Waals surface area contributed by atoms with E-state index in [2.05, 4.69) is 6.58 Å². The summed E-state index contributed by atoms with van der Waals surface area (Å²) in [6.45, 7) is 4.85. The lowest BCUT2D eigenvalue weighted by Crippen LogP contribution is -2.50. The van der Waals surface area contributed by atoms with E-state index in [0.29, 0.717) is 25.4 Å². The van der Waals surface area contributed by atoms with Crippen molar-refractivity contribution in [3.05, 3.63) is 48.3 Å². The largest absolute Gasteiger partial charge is 0.338 e. The zero-order chi connectivity index (χ0) is 11.5. The Kier molecular flexibility index (Phi) is 3.04. The Bertz CT molecular complexity index is 410. The number of hydrogen-bond acceptors (Lipinski definition) is 1. The minimum Gasteiger partial charge on any atom is -0.338 e. The maximum absolute atomic E-state index is 13.3. The number of rotatable bonds is 3. The molecule has 0 bridgehead atoms. The van der Waals surface area contributed by atoms with E-state index in [4.69, 9.17) is 0 Å². The van der Waals surface area contributed by atoms with Crippen LogP contribution in [0.5, 0.6) is 0 Å². The molecule has 16 heavy (non-hydrogen) atoms. The Morgan fingerprint density at radius 2 is 2.19 bits per heavy atom. The van der Waals surface area contributed by atoms with Crippen LogP contribution in [0.2, 0.25) is 0 Å². The first kappa shape index (κ1) is 10.9. The molecule has 0 atom stereocenters. The molecule has 2 nitrogen and oxygen atoms in total. The molecular weight excluding hydrogens is 205 g/mol. The van der Waals surface area contributed by atoms with Crippen LogP contribution < -0.4 is 0 Å². The first-order valence-corrected chi connectivity index (χ1v) is 5.35. The van der Waals surface area contributed by atoms with E-state index < -0.39 is 0 Å². The fourth-order valence-corrected chi connectivity index (χ4v) is 1.98. The second-order valence-corrected chi connectivity index (χ2v) is 4.11. The van der Waals surface area contributed by atoms with Gasteiger partial charge in [0, 0.05) is 13.1 Å². The van der Waals surface area contributed by atoms with Gasteiger partial charge < -0.3 is 4.90 Å². The Labute approximate surface area is 94.4 Å². The van der Waals surface area contributed by atoms with Crippen molar-refractivity contribution in [2.75, 3.05) is 13.1 Å². The van der Waals surface area contributed by atoms with Gasteiger partial charge in [-0.3, -0.25) is 4.79 Å². The second-order valence-electron chi connectivity index (χ2n) is 4.11. The molecule has 0 aliphatic carbocycles. The summed E-state index contributed by atoms with van der Waals surface area (Å²) < 4.78 is 13.3. The summed E-state index contributed by atoms with van der Waals surface area (Å²) in [5.41, 5.74) is 0.734. The molecular formula is C13H14FNO. The molecule has 0 saturated carbocycles. The van der Waals surface area contributed by atoms with E-state index in [1.54, 1.807) is 17.0 Å². The number of nitrogens with zero attached hydrogens (tertiary/aromatic N) is 1. The number of amides is 1. The van der Waals surface area contributed by atoms with Crippen molar-refractivity contribution in [1.82, 2.24) is 4.90 Å². The van der Waals surface area contributed by atoms with Gasteiger partial charge in [-0.15, -0.1) is 0 Å². The van der Waals surface area contributed by atoms with Gasteiger partial charge in [-0.2, -0.15) is 0 Å². The third-order valence-corrected chi connectivity index (χ3v) is 2.91. The van der Waals surface area contributed by atoms with Gasteiger partial charge in [0.2, 0.25) is 5.91 Å². The number of benzene rings is 1. The zero-order valence-corrected chi connectivity index (χ0v) is 9.03. The lowest BCUT2D eigenvalue weighted by molar-refractivity contribution is -0.132. The average Bonchev–Trinajstić information content (AvgIpc) is 2.24. The van der Waals surface area contributed by atoms with Crippen molar-refractivity contribution < 1.29 is 9.18 Å². The molecule has 0 unspecified atom stereocenters. The highest BCUT2D eigenvalue weighted by atomic mass is 19.1. The Balaban J connectivity index is 1.88. The van der Waals surface area contributed by atoms with E-state index in [0.717, 1.165) is 5.56 Å². The van der Waals surface area contributed by atoms with Crippen LogP contribution in [0.25, 0.3) is 0 Å². The first-order chi connectivity index (χ1) is 7.70. The van der Waals surface area contributed by atoms with Gasteiger partial charge in [0.15, 0.2) is 0 Å². The summed E-state index contributed by atoms with van der Waals surface area (Å²) in [4.78, 5) is 12.9. The van der Waals surface area contributed by atoms with Gasteiger partial charge in [0.05, 0.1) is 0 Å². The summed E-state index contributed by atoms with van der Waals surface area (Å²) in [5.74, 6) is 0.182. The number of carbonyl (C=O) groups excluding carboxylic acids is 1. The molecule has 1 heterocycles. The predicted octanol–water partition coefficient (Wildman–Crippen LogP) is 2.01. The summed E-state index contributed by atoms with van der Waals surface area (Å²) in [7, 11) is 0. The molecule has 0 radical (unpaired) electrons. The molecule has 1 fully saturated rings. The maximum Gasteiger partial charge on any atom is 0.245 e. The Morgan fingerprint density at radius 1 is 1.50 bits per heavy atom. The molecule has 3 heteroatoms. The molecule has 1 aromatic rings. The highest BCUT2D eigenvalue weighted by Gasteiger charge is 2.29. The van der Waals surface area contributed by atoms with Crippen LogP contribution in [0.1, 0.15) is 5.56 Å². The van der Waals surface area contributed by atoms with Gasteiger partial charge in [0.25, 0.3) is 0 Å². The van der Waals surface area contributed by atoms with Crippen LogP contribution in [-0.4, -0.2) is 23.9 Å². The Hall–Kier alpha value is -1.64. The first-order valence-electron chi connectivity index (χ1n) is 5.35. The quantitative estimate of drug-likeness (QED) is 0.712. The maximum atomic E-state index is 13.3. The Morgan fingerprint density at radius 3 is 2.81 bits per heavy atom. The zero-order valence-electron chi connectivity index (χ0n) is 9.03. The van der Waals surface area contributed by atoms with Gasteiger partial charge in [-0.25, -0.2) is 4.39 Å². The van der Waals surface area contributed by atoms with Crippen molar-refractivity contribution in [3.63, 3.8) is 0 Å². The average molecular weight is 219 g/mol. The summed E-state index contributed by atoms with van der Waals surface area (Å²) in [5, 5.41) is 0. The van der Waals surface area contributed by atoms with Crippen LogP contribution in [-0.2, 0) is 11.2 Å². The van der Waals surface area contributed by atoms with Gasteiger partial charge in [0.1, 0.15) is 5.82 Å². The van der Waals surface area contributed by atoms with Crippen molar-refractivity contribution in [2.24, 2.45) is 5.92 Å². The third kappa shape index (κ3) is 2.13. The van der Waals surface area contributed by atoms with E-state index >= 15 is 0 Å². The van der Waals surface area contributed by atoms with Crippen molar-refractivity contribution in [1.29, 1.82) is 0 Å². The molecule has 1 saturated heterocycles. The summed E-state index contributed by atoms with van der Waals surface area (Å²) in [6, 6.07) is 6.80. The van der Waals surface area contributed by atoms with Crippen LogP contribution in [0, 0.1) is 11.7 Å². The van der Waals surface area contributed by atoms with Crippen molar-refractivity contribution in [2.45, 2.75) is 6.42 Å². The number of likely N-dealkylation sites (tertiary alicyclic amines) is 1. The highest BCUT2D eigenvalue weighted by molar-refractivity contribution is 5.87. The summed E-state index contributed by atoms with van der Waals surface area (Å²) in [6.07, 6.45) is 2.02. The minimum atomic E-state index is -0.156. The normalized spacial score (nSPS) is 15.7. The lowest BCUT2D eigenvalue weighted by atomic mass is 9.92. The number of hydrogen-bond donors (Lipinski definition) is 0. The van der Waals surface area contributed by atoms with Crippen LogP contribution in [0.15, 0.2) is 36.9 Å². The molecule has 2 rings (SSSR count). The fourth-order valence-electron chi connectivity index (χ4n) is 1.98. The predicted molar refractivity (Wildman–Crippen MR) is 60.4 cm³/mol. The van der Waals surface area contributed by atoms with Gasteiger partial charge in [-0.05, 0) is 30.0 Å². The van der Waals surface area contributed by atoms with Crippen LogP contribution in [0.3, 0.4) is 0 Å². The third-order valence-electron chi connectivity index (χ3n) is 2.91. The molecule has 1 aliphatic heterocycles. The molecule has 0 spiro atoms. The molecule has 84 valence electrons. The molecule has 1 amide bonds. The number of carbonyl (C=O) groups is 1. The highest BCUT2D eigenvalue weighted by Crippen LogP contribution is 2.21. The monoisotopic (exact) mass is 219 g/mol. The van der Waals surface area contributed by atoms with E-state index in [-0.39, 0.29) is 11.7 Å². The molecule has 1 aliphatic rings. The van der Waals surface area contributed by atoms with Crippen LogP contribution in [0.4, 0.5) is 4.39 Å². The SMILES string of the molecule is C=CC(=O)N1CC(Cc2ccccc2F)C1. The minimum absolute atomic E-state index is 0.0372. The van der Waals surface area contributed by atoms with Crippen molar-refractivity contribution in [3.8, 4) is 0 Å². The summed E-state index contributed by atoms with van der Waals surface area (Å²) >= 11 is 0. The van der Waals surface area contributed by atoms with E-state index in [9.17, 15) is 9.18 Å². The van der Waals surface area contributed by atoms with Gasteiger partial charge in [-0.1, -0.05) is 24.8 Å². The smallest absolute Gasteiger partial charge is 0.245 e. The standard InChI is InChI=1S/C13H14FNO/c1-2-13(16)15-8-10(9-15)7-11-5-3-4-6-12(11)14/h2-6,10H,1,7-9H2. The fraction of sp³-hybridized carbons (Fsp3) is 0.308.